The summed E-state index contributed by atoms with van der Waals surface area (Å²) in [6.45, 7) is 4.64. The van der Waals surface area contributed by atoms with E-state index < -0.39 is 0 Å². The predicted molar refractivity (Wildman–Crippen MR) is 88.4 cm³/mol. The van der Waals surface area contributed by atoms with Crippen molar-refractivity contribution in [2.75, 3.05) is 24.6 Å². The monoisotopic (exact) mass is 330 g/mol. The molecule has 0 spiro atoms. The van der Waals surface area contributed by atoms with E-state index >= 15 is 0 Å². The molecule has 2 aromatic heterocycles. The van der Waals surface area contributed by atoms with Crippen molar-refractivity contribution in [2.45, 2.75) is 32.9 Å². The molecule has 128 valence electrons. The SMILES string of the molecule is Cc1cc(COCC(=O)NCc2ccnc(N3CCCC3)c2)on1. The van der Waals surface area contributed by atoms with Crippen molar-refractivity contribution in [1.82, 2.24) is 15.5 Å². The molecule has 7 heteroatoms. The van der Waals surface area contributed by atoms with Crippen molar-refractivity contribution < 1.29 is 14.1 Å². The van der Waals surface area contributed by atoms with Crippen LogP contribution in [0.5, 0.6) is 0 Å². The Labute approximate surface area is 141 Å². The molecule has 0 saturated carbocycles. The van der Waals surface area contributed by atoms with E-state index in [0.717, 1.165) is 30.2 Å². The van der Waals surface area contributed by atoms with E-state index in [0.29, 0.717) is 12.3 Å². The van der Waals surface area contributed by atoms with Crippen molar-refractivity contribution >= 4 is 11.7 Å². The fourth-order valence-corrected chi connectivity index (χ4v) is 2.67. The van der Waals surface area contributed by atoms with Crippen molar-refractivity contribution in [3.05, 3.63) is 41.4 Å². The first-order valence-electron chi connectivity index (χ1n) is 8.17. The van der Waals surface area contributed by atoms with E-state index in [9.17, 15) is 4.79 Å². The summed E-state index contributed by atoms with van der Waals surface area (Å²) in [7, 11) is 0. The minimum atomic E-state index is -0.161. The van der Waals surface area contributed by atoms with Crippen molar-refractivity contribution in [3.8, 4) is 0 Å². The van der Waals surface area contributed by atoms with E-state index in [4.69, 9.17) is 9.26 Å². The zero-order valence-corrected chi connectivity index (χ0v) is 13.8. The van der Waals surface area contributed by atoms with E-state index in [1.54, 1.807) is 12.3 Å². The lowest BCUT2D eigenvalue weighted by Crippen LogP contribution is -2.27. The Morgan fingerprint density at radius 2 is 2.21 bits per heavy atom. The van der Waals surface area contributed by atoms with Crippen LogP contribution in [0, 0.1) is 6.92 Å². The molecule has 1 N–H and O–H groups in total. The topological polar surface area (TPSA) is 80.5 Å². The van der Waals surface area contributed by atoms with Gasteiger partial charge in [0.05, 0.1) is 5.69 Å². The van der Waals surface area contributed by atoms with Crippen molar-refractivity contribution in [1.29, 1.82) is 0 Å². The smallest absolute Gasteiger partial charge is 0.246 e. The number of hydrogen-bond donors (Lipinski definition) is 1. The van der Waals surface area contributed by atoms with Gasteiger partial charge >= 0.3 is 0 Å². The Hall–Kier alpha value is -2.41. The summed E-state index contributed by atoms with van der Waals surface area (Å²) in [6, 6.07) is 5.73. The van der Waals surface area contributed by atoms with Crippen LogP contribution in [0.15, 0.2) is 28.9 Å². The number of carbonyl (C=O) groups excluding carboxylic acids is 1. The third-order valence-corrected chi connectivity index (χ3v) is 3.88. The molecular weight excluding hydrogens is 308 g/mol. The summed E-state index contributed by atoms with van der Waals surface area (Å²) in [4.78, 5) is 18.5. The highest BCUT2D eigenvalue weighted by molar-refractivity contribution is 5.77. The second kappa shape index (κ2) is 7.92. The summed E-state index contributed by atoms with van der Waals surface area (Å²) >= 11 is 0. The quantitative estimate of drug-likeness (QED) is 0.834. The fourth-order valence-electron chi connectivity index (χ4n) is 2.67. The number of aryl methyl sites for hydroxylation is 1. The number of carbonyl (C=O) groups is 1. The summed E-state index contributed by atoms with van der Waals surface area (Å²) in [5.74, 6) is 1.44. The second-order valence-electron chi connectivity index (χ2n) is 5.92. The Morgan fingerprint density at radius 1 is 1.38 bits per heavy atom. The van der Waals surface area contributed by atoms with E-state index in [1.165, 1.54) is 12.8 Å². The number of nitrogens with zero attached hydrogens (tertiary/aromatic N) is 3. The van der Waals surface area contributed by atoms with Crippen LogP contribution < -0.4 is 10.2 Å². The average Bonchev–Trinajstić information content (AvgIpc) is 3.25. The minimum absolute atomic E-state index is 0.0101. The summed E-state index contributed by atoms with van der Waals surface area (Å²) in [5.41, 5.74) is 1.83. The molecular formula is C17H22N4O3. The Kier molecular flexibility index (Phi) is 5.43. The van der Waals surface area contributed by atoms with Gasteiger partial charge < -0.3 is 19.5 Å². The Balaban J connectivity index is 1.41. The van der Waals surface area contributed by atoms with E-state index in [-0.39, 0.29) is 19.1 Å². The van der Waals surface area contributed by atoms with Gasteiger partial charge in [-0.3, -0.25) is 4.79 Å². The Morgan fingerprint density at radius 3 is 2.96 bits per heavy atom. The maximum Gasteiger partial charge on any atom is 0.246 e. The Bertz CT molecular complexity index is 680. The van der Waals surface area contributed by atoms with Crippen LogP contribution in [0.1, 0.15) is 29.9 Å². The summed E-state index contributed by atoms with van der Waals surface area (Å²) in [5, 5.41) is 6.62. The molecule has 24 heavy (non-hydrogen) atoms. The standard InChI is InChI=1S/C17H22N4O3/c1-13-8-15(24-20-13)11-23-12-17(22)19-10-14-4-5-18-16(9-14)21-6-2-3-7-21/h4-5,8-9H,2-3,6-7,10-12H2,1H3,(H,19,22). The van der Waals surface area contributed by atoms with Gasteiger partial charge in [0.15, 0.2) is 5.76 Å². The maximum absolute atomic E-state index is 11.8. The van der Waals surface area contributed by atoms with Gasteiger partial charge in [-0.1, -0.05) is 5.16 Å². The largest absolute Gasteiger partial charge is 0.364 e. The normalized spacial score (nSPS) is 14.1. The number of hydrogen-bond acceptors (Lipinski definition) is 6. The predicted octanol–water partition coefficient (Wildman–Crippen LogP) is 1.81. The molecule has 7 nitrogen and oxygen atoms in total. The van der Waals surface area contributed by atoms with Crippen molar-refractivity contribution in [3.63, 3.8) is 0 Å². The molecule has 0 aromatic carbocycles. The molecule has 0 atom stereocenters. The highest BCUT2D eigenvalue weighted by Crippen LogP contribution is 2.18. The third-order valence-electron chi connectivity index (χ3n) is 3.88. The molecule has 3 heterocycles. The second-order valence-corrected chi connectivity index (χ2v) is 5.92. The van der Waals surface area contributed by atoms with Crippen LogP contribution in [0.3, 0.4) is 0 Å². The average molecular weight is 330 g/mol. The van der Waals surface area contributed by atoms with Crippen LogP contribution in [0.4, 0.5) is 5.82 Å². The molecule has 2 aromatic rings. The molecule has 1 aliphatic heterocycles. The fraction of sp³-hybridized carbons (Fsp3) is 0.471. The van der Waals surface area contributed by atoms with Gasteiger partial charge in [-0.05, 0) is 37.5 Å². The number of rotatable bonds is 7. The zero-order valence-electron chi connectivity index (χ0n) is 13.8. The van der Waals surface area contributed by atoms with Crippen LogP contribution in [-0.2, 0) is 22.7 Å². The highest BCUT2D eigenvalue weighted by atomic mass is 16.5. The molecule has 1 saturated heterocycles. The molecule has 0 aliphatic carbocycles. The molecule has 1 fully saturated rings. The van der Waals surface area contributed by atoms with Crippen molar-refractivity contribution in [2.24, 2.45) is 0 Å². The van der Waals surface area contributed by atoms with Gasteiger partial charge in [0.25, 0.3) is 0 Å². The van der Waals surface area contributed by atoms with Gasteiger partial charge in [-0.15, -0.1) is 0 Å². The molecule has 3 rings (SSSR count). The first kappa shape index (κ1) is 16.4. The number of nitrogens with one attached hydrogen (secondary N) is 1. The van der Waals surface area contributed by atoms with Gasteiger partial charge in [-0.25, -0.2) is 4.98 Å². The van der Waals surface area contributed by atoms with Gasteiger partial charge in [0, 0.05) is 31.9 Å². The molecule has 1 amide bonds. The number of aromatic nitrogens is 2. The first-order valence-corrected chi connectivity index (χ1v) is 8.17. The van der Waals surface area contributed by atoms with Gasteiger partial charge in [0.1, 0.15) is 19.0 Å². The van der Waals surface area contributed by atoms with Crippen LogP contribution >= 0.6 is 0 Å². The highest BCUT2D eigenvalue weighted by Gasteiger charge is 2.13. The van der Waals surface area contributed by atoms with E-state index in [2.05, 4.69) is 20.4 Å². The lowest BCUT2D eigenvalue weighted by atomic mass is 10.2. The lowest BCUT2D eigenvalue weighted by Gasteiger charge is -2.17. The number of ether oxygens (including phenoxy) is 1. The van der Waals surface area contributed by atoms with Crippen LogP contribution in [0.2, 0.25) is 0 Å². The first-order chi connectivity index (χ1) is 11.7. The number of pyridine rings is 1. The molecule has 0 unspecified atom stereocenters. The number of anilines is 1. The van der Waals surface area contributed by atoms with Gasteiger partial charge in [-0.2, -0.15) is 0 Å². The molecule has 0 radical (unpaired) electrons. The van der Waals surface area contributed by atoms with Crippen LogP contribution in [0.25, 0.3) is 0 Å². The van der Waals surface area contributed by atoms with E-state index in [1.807, 2.05) is 19.1 Å². The maximum atomic E-state index is 11.8. The molecule has 0 bridgehead atoms. The number of amides is 1. The summed E-state index contributed by atoms with van der Waals surface area (Å²) in [6.07, 6.45) is 4.22. The minimum Gasteiger partial charge on any atom is -0.364 e. The lowest BCUT2D eigenvalue weighted by molar-refractivity contribution is -0.126. The van der Waals surface area contributed by atoms with Crippen LogP contribution in [-0.4, -0.2) is 35.7 Å². The van der Waals surface area contributed by atoms with Gasteiger partial charge in [0.2, 0.25) is 5.91 Å². The molecule has 1 aliphatic rings. The third kappa shape index (κ3) is 4.55. The summed E-state index contributed by atoms with van der Waals surface area (Å²) < 4.78 is 10.3. The zero-order chi connectivity index (χ0) is 16.8.